The number of nitrogens with one attached hydrogen (secondary N) is 1. The van der Waals surface area contributed by atoms with Crippen molar-refractivity contribution in [2.75, 3.05) is 6.54 Å². The molecule has 2 aromatic carbocycles. The van der Waals surface area contributed by atoms with E-state index in [0.717, 1.165) is 22.4 Å². The summed E-state index contributed by atoms with van der Waals surface area (Å²) < 4.78 is 1.96. The number of hydrogen-bond acceptors (Lipinski definition) is 3. The van der Waals surface area contributed by atoms with Crippen molar-refractivity contribution in [1.29, 1.82) is 0 Å². The SMILES string of the molecule is CC(=O)C(C)n1c(CCNC(=O)/C=C/c2ccccc2)nc2ccccc21. The van der Waals surface area contributed by atoms with E-state index in [1.807, 2.05) is 66.1 Å². The Kier molecular flexibility index (Phi) is 5.81. The summed E-state index contributed by atoms with van der Waals surface area (Å²) in [5, 5.41) is 2.88. The highest BCUT2D eigenvalue weighted by Crippen LogP contribution is 2.22. The maximum absolute atomic E-state index is 12.0. The second-order valence-corrected chi connectivity index (χ2v) is 6.46. The Morgan fingerprint density at radius 1 is 1.11 bits per heavy atom. The Balaban J connectivity index is 1.68. The topological polar surface area (TPSA) is 64.0 Å². The van der Waals surface area contributed by atoms with Crippen molar-refractivity contribution in [3.8, 4) is 0 Å². The number of amides is 1. The molecule has 0 bridgehead atoms. The van der Waals surface area contributed by atoms with Gasteiger partial charge in [0.05, 0.1) is 17.1 Å². The molecule has 0 saturated carbocycles. The Bertz CT molecular complexity index is 974. The van der Waals surface area contributed by atoms with Gasteiger partial charge in [-0.2, -0.15) is 0 Å². The molecule has 0 aliphatic heterocycles. The van der Waals surface area contributed by atoms with Crippen LogP contribution < -0.4 is 5.32 Å². The Morgan fingerprint density at radius 2 is 1.81 bits per heavy atom. The van der Waals surface area contributed by atoms with Gasteiger partial charge in [0.15, 0.2) is 5.78 Å². The standard InChI is InChI=1S/C22H23N3O2/c1-16(17(2)26)25-20-11-7-6-10-19(20)24-21(25)14-15-23-22(27)13-12-18-8-4-3-5-9-18/h3-13,16H,14-15H2,1-2H3,(H,23,27)/b13-12+. The van der Waals surface area contributed by atoms with Crippen molar-refractivity contribution in [3.05, 3.63) is 72.1 Å². The van der Waals surface area contributed by atoms with Crippen molar-refractivity contribution in [3.63, 3.8) is 0 Å². The van der Waals surface area contributed by atoms with E-state index in [0.29, 0.717) is 13.0 Å². The van der Waals surface area contributed by atoms with Crippen molar-refractivity contribution in [1.82, 2.24) is 14.9 Å². The van der Waals surface area contributed by atoms with Crippen LogP contribution in [0, 0.1) is 0 Å². The van der Waals surface area contributed by atoms with Crippen LogP contribution in [-0.4, -0.2) is 27.8 Å². The third kappa shape index (κ3) is 4.50. The third-order valence-corrected chi connectivity index (χ3v) is 4.52. The molecule has 1 amide bonds. The van der Waals surface area contributed by atoms with E-state index in [1.165, 1.54) is 6.08 Å². The van der Waals surface area contributed by atoms with Crippen molar-refractivity contribution >= 4 is 28.8 Å². The molecule has 0 aliphatic carbocycles. The molecule has 0 spiro atoms. The lowest BCUT2D eigenvalue weighted by Crippen LogP contribution is -2.25. The molecule has 138 valence electrons. The fourth-order valence-corrected chi connectivity index (χ4v) is 2.98. The zero-order valence-electron chi connectivity index (χ0n) is 15.6. The summed E-state index contributed by atoms with van der Waals surface area (Å²) in [5.41, 5.74) is 2.77. The van der Waals surface area contributed by atoms with Gasteiger partial charge in [-0.1, -0.05) is 42.5 Å². The molecule has 1 heterocycles. The third-order valence-electron chi connectivity index (χ3n) is 4.52. The second kappa shape index (κ2) is 8.45. The maximum atomic E-state index is 12.0. The van der Waals surface area contributed by atoms with Crippen LogP contribution in [0.2, 0.25) is 0 Å². The fraction of sp³-hybridized carbons (Fsp3) is 0.227. The number of fused-ring (bicyclic) bond motifs is 1. The highest BCUT2D eigenvalue weighted by molar-refractivity contribution is 5.91. The number of rotatable bonds is 7. The number of imidazole rings is 1. The number of benzene rings is 2. The van der Waals surface area contributed by atoms with E-state index in [2.05, 4.69) is 10.3 Å². The van der Waals surface area contributed by atoms with Gasteiger partial charge in [-0.15, -0.1) is 0 Å². The zero-order valence-corrected chi connectivity index (χ0v) is 15.6. The number of para-hydroxylation sites is 2. The van der Waals surface area contributed by atoms with Gasteiger partial charge < -0.3 is 9.88 Å². The average Bonchev–Trinajstić information content (AvgIpc) is 3.04. The van der Waals surface area contributed by atoms with Crippen molar-refractivity contribution < 1.29 is 9.59 Å². The van der Waals surface area contributed by atoms with Crippen LogP contribution in [0.4, 0.5) is 0 Å². The molecule has 0 radical (unpaired) electrons. The summed E-state index contributed by atoms with van der Waals surface area (Å²) in [4.78, 5) is 28.6. The lowest BCUT2D eigenvalue weighted by atomic mass is 10.2. The van der Waals surface area contributed by atoms with E-state index >= 15 is 0 Å². The first kappa shape index (κ1) is 18.6. The second-order valence-electron chi connectivity index (χ2n) is 6.46. The van der Waals surface area contributed by atoms with Crippen LogP contribution in [0.15, 0.2) is 60.7 Å². The molecule has 3 aromatic rings. The van der Waals surface area contributed by atoms with Crippen LogP contribution in [0.25, 0.3) is 17.1 Å². The van der Waals surface area contributed by atoms with Gasteiger partial charge in [-0.05, 0) is 37.6 Å². The van der Waals surface area contributed by atoms with Gasteiger partial charge in [-0.25, -0.2) is 4.98 Å². The number of Topliss-reactive ketones (excluding diaryl/α,β-unsaturated/α-hetero) is 1. The maximum Gasteiger partial charge on any atom is 0.244 e. The summed E-state index contributed by atoms with van der Waals surface area (Å²) in [6.45, 7) is 3.91. The smallest absolute Gasteiger partial charge is 0.244 e. The van der Waals surface area contributed by atoms with Crippen LogP contribution in [0.5, 0.6) is 0 Å². The first-order valence-corrected chi connectivity index (χ1v) is 9.03. The van der Waals surface area contributed by atoms with Crippen LogP contribution in [0.1, 0.15) is 31.3 Å². The van der Waals surface area contributed by atoms with Gasteiger partial charge in [-0.3, -0.25) is 9.59 Å². The lowest BCUT2D eigenvalue weighted by Gasteiger charge is -2.15. The minimum Gasteiger partial charge on any atom is -0.352 e. The minimum atomic E-state index is -0.291. The number of ketones is 1. The van der Waals surface area contributed by atoms with Gasteiger partial charge in [0.1, 0.15) is 5.82 Å². The summed E-state index contributed by atoms with van der Waals surface area (Å²) >= 11 is 0. The summed E-state index contributed by atoms with van der Waals surface area (Å²) in [6.07, 6.45) is 3.86. The molecule has 5 nitrogen and oxygen atoms in total. The monoisotopic (exact) mass is 361 g/mol. The molecule has 1 atom stereocenters. The summed E-state index contributed by atoms with van der Waals surface area (Å²) in [7, 11) is 0. The Labute approximate surface area is 158 Å². The molecule has 1 N–H and O–H groups in total. The van der Waals surface area contributed by atoms with Gasteiger partial charge >= 0.3 is 0 Å². The highest BCUT2D eigenvalue weighted by atomic mass is 16.1. The van der Waals surface area contributed by atoms with Gasteiger partial charge in [0.25, 0.3) is 0 Å². The van der Waals surface area contributed by atoms with Crippen LogP contribution in [-0.2, 0) is 16.0 Å². The summed E-state index contributed by atoms with van der Waals surface area (Å²) in [6, 6.07) is 17.1. The van der Waals surface area contributed by atoms with E-state index in [1.54, 1.807) is 13.0 Å². The largest absolute Gasteiger partial charge is 0.352 e. The summed E-state index contributed by atoms with van der Waals surface area (Å²) in [5.74, 6) is 0.724. The van der Waals surface area contributed by atoms with E-state index in [-0.39, 0.29) is 17.7 Å². The quantitative estimate of drug-likeness (QED) is 0.655. The Hall–Kier alpha value is -3.21. The number of carbonyl (C=O) groups excluding carboxylic acids is 2. The van der Waals surface area contributed by atoms with E-state index < -0.39 is 0 Å². The Morgan fingerprint density at radius 3 is 2.56 bits per heavy atom. The molecule has 3 rings (SSSR count). The van der Waals surface area contributed by atoms with Crippen molar-refractivity contribution in [2.24, 2.45) is 0 Å². The zero-order chi connectivity index (χ0) is 19.2. The first-order chi connectivity index (χ1) is 13.1. The average molecular weight is 361 g/mol. The van der Waals surface area contributed by atoms with Gasteiger partial charge in [0, 0.05) is 19.0 Å². The van der Waals surface area contributed by atoms with E-state index in [4.69, 9.17) is 0 Å². The van der Waals surface area contributed by atoms with Gasteiger partial charge in [0.2, 0.25) is 5.91 Å². The lowest BCUT2D eigenvalue weighted by molar-refractivity contribution is -0.119. The van der Waals surface area contributed by atoms with Crippen LogP contribution >= 0.6 is 0 Å². The molecule has 5 heteroatoms. The molecular formula is C22H23N3O2. The number of nitrogens with zero attached hydrogens (tertiary/aromatic N) is 2. The molecule has 1 aromatic heterocycles. The molecular weight excluding hydrogens is 338 g/mol. The normalized spacial score (nSPS) is 12.4. The number of carbonyl (C=O) groups is 2. The number of aromatic nitrogens is 2. The molecule has 0 saturated heterocycles. The predicted octanol–water partition coefficient (Wildman–Crippen LogP) is 3.56. The molecule has 27 heavy (non-hydrogen) atoms. The molecule has 0 aliphatic rings. The number of hydrogen-bond donors (Lipinski definition) is 1. The van der Waals surface area contributed by atoms with Crippen molar-refractivity contribution in [2.45, 2.75) is 26.3 Å². The minimum absolute atomic E-state index is 0.0780. The predicted molar refractivity (Wildman–Crippen MR) is 107 cm³/mol. The highest BCUT2D eigenvalue weighted by Gasteiger charge is 2.18. The fourth-order valence-electron chi connectivity index (χ4n) is 2.98. The molecule has 0 fully saturated rings. The molecule has 1 unspecified atom stereocenters. The first-order valence-electron chi connectivity index (χ1n) is 9.03. The van der Waals surface area contributed by atoms with E-state index in [9.17, 15) is 9.59 Å². The van der Waals surface area contributed by atoms with Crippen LogP contribution in [0.3, 0.4) is 0 Å².